The van der Waals surface area contributed by atoms with Gasteiger partial charge in [-0.05, 0) is 50.1 Å². The number of nitrogens with two attached hydrogens (primary N) is 1. The topological polar surface area (TPSA) is 133 Å². The fraction of sp³-hybridized carbons (Fsp3) is 0.208. The summed E-state index contributed by atoms with van der Waals surface area (Å²) >= 11 is 0. The van der Waals surface area contributed by atoms with Crippen LogP contribution >= 0.6 is 7.92 Å². The molecule has 3 heterocycles. The zero-order valence-corrected chi connectivity index (χ0v) is 21.4. The third-order valence-corrected chi connectivity index (χ3v) is 6.65. The highest BCUT2D eigenvalue weighted by atomic mass is 31.1. The molecule has 4 aromatic rings. The van der Waals surface area contributed by atoms with Gasteiger partial charge in [-0.25, -0.2) is 9.37 Å². The van der Waals surface area contributed by atoms with Crippen LogP contribution < -0.4 is 26.5 Å². The second-order valence-corrected chi connectivity index (χ2v) is 10.5. The van der Waals surface area contributed by atoms with Gasteiger partial charge in [-0.3, -0.25) is 9.48 Å². The SMILES string of the molecule is COc1c(Nc2cc(Nc3cc(C)ccn3)nnc2C(N)=O)cc(F)cc1-c1cc(P(C)C)n(C)n1. The highest BCUT2D eigenvalue weighted by Gasteiger charge is 2.21. The Hall–Kier alpha value is -4.11. The van der Waals surface area contributed by atoms with E-state index < -0.39 is 19.6 Å². The van der Waals surface area contributed by atoms with Gasteiger partial charge >= 0.3 is 0 Å². The molecule has 12 heteroatoms. The van der Waals surface area contributed by atoms with Crippen LogP contribution in [0.3, 0.4) is 0 Å². The van der Waals surface area contributed by atoms with E-state index in [-0.39, 0.29) is 17.1 Å². The molecule has 1 aromatic carbocycles. The van der Waals surface area contributed by atoms with Crippen LogP contribution in [-0.2, 0) is 7.05 Å². The van der Waals surface area contributed by atoms with Gasteiger partial charge in [-0.15, -0.1) is 10.2 Å². The van der Waals surface area contributed by atoms with Crippen LogP contribution in [0.15, 0.2) is 42.6 Å². The minimum absolute atomic E-state index is 0.117. The predicted molar refractivity (Wildman–Crippen MR) is 140 cm³/mol. The molecule has 0 saturated carbocycles. The highest BCUT2D eigenvalue weighted by Crippen LogP contribution is 2.39. The van der Waals surface area contributed by atoms with Crippen molar-refractivity contribution in [1.29, 1.82) is 0 Å². The Balaban J connectivity index is 1.77. The number of hydrogen-bond acceptors (Lipinski definition) is 8. The van der Waals surface area contributed by atoms with E-state index >= 15 is 0 Å². The largest absolute Gasteiger partial charge is 0.494 e. The molecule has 0 spiro atoms. The van der Waals surface area contributed by atoms with Crippen molar-refractivity contribution in [2.75, 3.05) is 31.1 Å². The second-order valence-electron chi connectivity index (χ2n) is 8.26. The predicted octanol–water partition coefficient (Wildman–Crippen LogP) is 3.68. The molecule has 0 saturated heterocycles. The van der Waals surface area contributed by atoms with E-state index in [1.54, 1.807) is 16.9 Å². The number of methoxy groups -OCH3 is 1. The molecule has 0 radical (unpaired) electrons. The molecule has 10 nitrogen and oxygen atoms in total. The molecule has 4 rings (SSSR count). The number of aryl methyl sites for hydroxylation is 2. The summed E-state index contributed by atoms with van der Waals surface area (Å²) in [4.78, 5) is 16.3. The van der Waals surface area contributed by atoms with Crippen LogP contribution in [0.1, 0.15) is 16.1 Å². The summed E-state index contributed by atoms with van der Waals surface area (Å²) in [5, 5.41) is 18.6. The van der Waals surface area contributed by atoms with Crippen molar-refractivity contribution in [2.45, 2.75) is 6.92 Å². The number of primary amides is 1. The molecule has 0 aliphatic carbocycles. The number of hydrogen-bond donors (Lipinski definition) is 3. The number of carbonyl (C=O) groups is 1. The van der Waals surface area contributed by atoms with E-state index in [4.69, 9.17) is 10.5 Å². The maximum absolute atomic E-state index is 14.8. The first-order valence-corrected chi connectivity index (χ1v) is 13.1. The lowest BCUT2D eigenvalue weighted by molar-refractivity contribution is 0.0995. The Morgan fingerprint density at radius 2 is 1.86 bits per heavy atom. The minimum atomic E-state index is -0.797. The lowest BCUT2D eigenvalue weighted by Crippen LogP contribution is -2.17. The molecular weight excluding hydrogens is 482 g/mol. The van der Waals surface area contributed by atoms with Crippen molar-refractivity contribution in [1.82, 2.24) is 25.0 Å². The Bertz CT molecular complexity index is 1440. The van der Waals surface area contributed by atoms with Crippen LogP contribution in [0.5, 0.6) is 5.75 Å². The summed E-state index contributed by atoms with van der Waals surface area (Å²) in [6.07, 6.45) is 1.66. The third kappa shape index (κ3) is 5.26. The van der Waals surface area contributed by atoms with Crippen molar-refractivity contribution in [3.05, 3.63) is 59.7 Å². The molecular formula is C24H26FN8O2P. The summed E-state index contributed by atoms with van der Waals surface area (Å²) in [5.74, 6) is -0.106. The molecule has 0 bridgehead atoms. The summed E-state index contributed by atoms with van der Waals surface area (Å²) in [6, 6.07) is 9.78. The smallest absolute Gasteiger partial charge is 0.271 e. The zero-order chi connectivity index (χ0) is 26.0. The van der Waals surface area contributed by atoms with Gasteiger partial charge < -0.3 is 21.1 Å². The third-order valence-electron chi connectivity index (χ3n) is 5.32. The van der Waals surface area contributed by atoms with Gasteiger partial charge in [0.15, 0.2) is 17.3 Å². The summed E-state index contributed by atoms with van der Waals surface area (Å²) in [7, 11) is 2.91. The average molecular weight is 508 g/mol. The number of halogens is 1. The summed E-state index contributed by atoms with van der Waals surface area (Å²) in [6.45, 7) is 6.17. The maximum atomic E-state index is 14.8. The zero-order valence-electron chi connectivity index (χ0n) is 20.5. The van der Waals surface area contributed by atoms with Crippen molar-refractivity contribution in [3.8, 4) is 17.0 Å². The van der Waals surface area contributed by atoms with Gasteiger partial charge in [-0.2, -0.15) is 5.10 Å². The molecule has 1 amide bonds. The first kappa shape index (κ1) is 25.0. The quantitative estimate of drug-likeness (QED) is 0.307. The lowest BCUT2D eigenvalue weighted by atomic mass is 10.1. The normalized spacial score (nSPS) is 11.0. The second kappa shape index (κ2) is 10.2. The first-order valence-electron chi connectivity index (χ1n) is 10.9. The van der Waals surface area contributed by atoms with E-state index in [1.807, 2.05) is 32.2 Å². The van der Waals surface area contributed by atoms with E-state index in [0.29, 0.717) is 28.6 Å². The number of nitrogens with zero attached hydrogens (tertiary/aromatic N) is 5. The van der Waals surface area contributed by atoms with Gasteiger partial charge in [0.2, 0.25) is 0 Å². The minimum Gasteiger partial charge on any atom is -0.494 e. The summed E-state index contributed by atoms with van der Waals surface area (Å²) < 4.78 is 22.2. The van der Waals surface area contributed by atoms with Crippen molar-refractivity contribution in [2.24, 2.45) is 12.8 Å². The van der Waals surface area contributed by atoms with Gasteiger partial charge in [0.1, 0.15) is 11.6 Å². The van der Waals surface area contributed by atoms with Gasteiger partial charge in [0, 0.05) is 30.9 Å². The molecule has 0 fully saturated rings. The molecule has 36 heavy (non-hydrogen) atoms. The molecule has 0 unspecified atom stereocenters. The molecule has 186 valence electrons. The Morgan fingerprint density at radius 1 is 1.08 bits per heavy atom. The van der Waals surface area contributed by atoms with Crippen LogP contribution in [0.4, 0.5) is 27.4 Å². The van der Waals surface area contributed by atoms with Crippen LogP contribution in [-0.4, -0.2) is 51.3 Å². The molecule has 3 aromatic heterocycles. The number of amides is 1. The standard InChI is InChI=1S/C24H26FN8O2P/c1-13-6-7-27-19(8-13)29-20-11-17(22(24(26)34)31-30-20)28-18-10-14(25)9-15(23(18)35-3)16-12-21(36(4)5)33(2)32-16/h6-12H,1-5H3,(H2,26,34)(H2,27,28,29,30). The number of nitrogens with one attached hydrogen (secondary N) is 2. The Morgan fingerprint density at radius 3 is 2.50 bits per heavy atom. The number of carbonyl (C=O) groups excluding carboxylic acids is 1. The van der Waals surface area contributed by atoms with Gasteiger partial charge in [0.25, 0.3) is 5.91 Å². The number of rotatable bonds is 8. The van der Waals surface area contributed by atoms with Crippen LogP contribution in [0.25, 0.3) is 11.3 Å². The van der Waals surface area contributed by atoms with Crippen molar-refractivity contribution >= 4 is 42.3 Å². The van der Waals surface area contributed by atoms with E-state index in [2.05, 4.69) is 44.2 Å². The number of anilines is 4. The molecule has 0 atom stereocenters. The fourth-order valence-electron chi connectivity index (χ4n) is 3.72. The number of ether oxygens (including phenoxy) is 1. The van der Waals surface area contributed by atoms with E-state index in [9.17, 15) is 9.18 Å². The fourth-order valence-corrected chi connectivity index (χ4v) is 4.72. The molecule has 4 N–H and O–H groups in total. The molecule has 0 aliphatic heterocycles. The number of pyridine rings is 1. The van der Waals surface area contributed by atoms with E-state index in [0.717, 1.165) is 11.0 Å². The summed E-state index contributed by atoms with van der Waals surface area (Å²) in [5.41, 5.74) is 8.98. The van der Waals surface area contributed by atoms with Crippen LogP contribution in [0.2, 0.25) is 0 Å². The van der Waals surface area contributed by atoms with Gasteiger partial charge in [0.05, 0.1) is 29.6 Å². The first-order chi connectivity index (χ1) is 17.2. The maximum Gasteiger partial charge on any atom is 0.271 e. The number of aromatic nitrogens is 5. The van der Waals surface area contributed by atoms with Gasteiger partial charge in [-0.1, -0.05) is 7.92 Å². The highest BCUT2D eigenvalue weighted by molar-refractivity contribution is 7.63. The Labute approximate surface area is 208 Å². The Kier molecular flexibility index (Phi) is 7.12. The van der Waals surface area contributed by atoms with Crippen molar-refractivity contribution in [3.63, 3.8) is 0 Å². The molecule has 0 aliphatic rings. The monoisotopic (exact) mass is 508 g/mol. The van der Waals surface area contributed by atoms with Crippen LogP contribution in [0, 0.1) is 12.7 Å². The average Bonchev–Trinajstić information content (AvgIpc) is 3.20. The lowest BCUT2D eigenvalue weighted by Gasteiger charge is -2.16. The van der Waals surface area contributed by atoms with E-state index in [1.165, 1.54) is 19.2 Å². The van der Waals surface area contributed by atoms with Crippen molar-refractivity contribution < 1.29 is 13.9 Å². The number of benzene rings is 1.